The highest BCUT2D eigenvalue weighted by Gasteiger charge is 2.63. The van der Waals surface area contributed by atoms with E-state index in [9.17, 15) is 23.1 Å². The van der Waals surface area contributed by atoms with Gasteiger partial charge < -0.3 is 5.11 Å². The maximum Gasteiger partial charge on any atom is 0.438 e. The molecular weight excluding hydrogens is 261 g/mol. The maximum atomic E-state index is 13.0. The van der Waals surface area contributed by atoms with Gasteiger partial charge in [0.25, 0.3) is 5.72 Å². The van der Waals surface area contributed by atoms with Crippen LogP contribution in [0, 0.1) is 5.92 Å². The number of alkyl halides is 3. The summed E-state index contributed by atoms with van der Waals surface area (Å²) in [6.07, 6.45) is -2.49. The van der Waals surface area contributed by atoms with Crippen molar-refractivity contribution >= 4 is 11.6 Å². The lowest BCUT2D eigenvalue weighted by molar-refractivity contribution is -0.302. The predicted octanol–water partition coefficient (Wildman–Crippen LogP) is 2.43. The Labute approximate surface area is 109 Å². The Balaban J connectivity index is 2.21. The van der Waals surface area contributed by atoms with Crippen molar-refractivity contribution < 1.29 is 23.1 Å². The summed E-state index contributed by atoms with van der Waals surface area (Å²) in [6.45, 7) is 1.92. The average Bonchev–Trinajstić information content (AvgIpc) is 3.09. The van der Waals surface area contributed by atoms with Gasteiger partial charge >= 0.3 is 6.18 Å². The number of hydrogen-bond donors (Lipinski definition) is 1. The summed E-state index contributed by atoms with van der Waals surface area (Å²) < 4.78 is 39.1. The Morgan fingerprint density at radius 2 is 2.16 bits per heavy atom. The Hall–Kier alpha value is -1.11. The van der Waals surface area contributed by atoms with Crippen LogP contribution in [0.25, 0.3) is 0 Å². The third kappa shape index (κ3) is 2.61. The van der Waals surface area contributed by atoms with E-state index in [1.54, 1.807) is 0 Å². The molecule has 0 radical (unpaired) electrons. The standard InChI is InChI=1S/C12H17F3N2O2/c1-2-3-4-9-7-11(19,12(13,14)15)17(16-9)10(18)8-5-6-8/h8,19H,2-7H2,1H3/t11-/m1/s1. The Kier molecular flexibility index (Phi) is 3.59. The number of amides is 1. The Bertz CT molecular complexity index is 404. The van der Waals surface area contributed by atoms with Crippen molar-refractivity contribution in [2.45, 2.75) is 57.3 Å². The number of halogens is 3. The van der Waals surface area contributed by atoms with Crippen molar-refractivity contribution in [1.29, 1.82) is 0 Å². The minimum Gasteiger partial charge on any atom is -0.362 e. The van der Waals surface area contributed by atoms with Crippen LogP contribution in [0.4, 0.5) is 13.2 Å². The first kappa shape index (κ1) is 14.3. The quantitative estimate of drug-likeness (QED) is 0.858. The molecular formula is C12H17F3N2O2. The Morgan fingerprint density at radius 1 is 1.53 bits per heavy atom. The van der Waals surface area contributed by atoms with E-state index in [0.717, 1.165) is 6.42 Å². The molecule has 0 spiro atoms. The average molecular weight is 278 g/mol. The second-order valence-electron chi connectivity index (χ2n) is 5.19. The van der Waals surface area contributed by atoms with Crippen molar-refractivity contribution in [3.8, 4) is 0 Å². The molecule has 1 fully saturated rings. The fourth-order valence-electron chi connectivity index (χ4n) is 2.09. The van der Waals surface area contributed by atoms with Gasteiger partial charge in [-0.25, -0.2) is 0 Å². The molecule has 4 nitrogen and oxygen atoms in total. The third-order valence-electron chi connectivity index (χ3n) is 3.45. The number of rotatable bonds is 4. The molecule has 2 aliphatic rings. The fourth-order valence-corrected chi connectivity index (χ4v) is 2.09. The number of carbonyl (C=O) groups excluding carboxylic acids is 1. The summed E-state index contributed by atoms with van der Waals surface area (Å²) in [7, 11) is 0. The molecule has 1 atom stereocenters. The molecule has 0 unspecified atom stereocenters. The molecule has 1 aliphatic heterocycles. The van der Waals surface area contributed by atoms with Gasteiger partial charge in [0.15, 0.2) is 0 Å². The van der Waals surface area contributed by atoms with Crippen molar-refractivity contribution in [1.82, 2.24) is 5.01 Å². The smallest absolute Gasteiger partial charge is 0.362 e. The molecule has 108 valence electrons. The normalized spacial score (nSPS) is 27.6. The van der Waals surface area contributed by atoms with Gasteiger partial charge in [-0.15, -0.1) is 0 Å². The highest BCUT2D eigenvalue weighted by Crippen LogP contribution is 2.44. The molecule has 1 N–H and O–H groups in total. The summed E-state index contributed by atoms with van der Waals surface area (Å²) in [5.41, 5.74) is -2.91. The SMILES string of the molecule is CCCCC1=NN(C(=O)C2CC2)[C@](O)(C(F)(F)F)C1. The van der Waals surface area contributed by atoms with E-state index < -0.39 is 30.1 Å². The van der Waals surface area contributed by atoms with Crippen molar-refractivity contribution in [2.24, 2.45) is 11.0 Å². The first-order valence-corrected chi connectivity index (χ1v) is 6.49. The lowest BCUT2D eigenvalue weighted by atomic mass is 10.0. The zero-order chi connectivity index (χ0) is 14.3. The largest absolute Gasteiger partial charge is 0.438 e. The van der Waals surface area contributed by atoms with Gasteiger partial charge in [-0.3, -0.25) is 4.79 Å². The van der Waals surface area contributed by atoms with Crippen LogP contribution in [0.5, 0.6) is 0 Å². The van der Waals surface area contributed by atoms with Crippen LogP contribution in [-0.2, 0) is 4.79 Å². The van der Waals surface area contributed by atoms with Gasteiger partial charge in [-0.05, 0) is 25.7 Å². The fraction of sp³-hybridized carbons (Fsp3) is 0.833. The predicted molar refractivity (Wildman–Crippen MR) is 62.2 cm³/mol. The van der Waals surface area contributed by atoms with Crippen LogP contribution in [0.3, 0.4) is 0 Å². The molecule has 0 saturated heterocycles. The molecule has 2 rings (SSSR count). The molecule has 0 aromatic rings. The van der Waals surface area contributed by atoms with Crippen LogP contribution >= 0.6 is 0 Å². The highest BCUT2D eigenvalue weighted by atomic mass is 19.4. The van der Waals surface area contributed by atoms with Crippen LogP contribution in [-0.4, -0.2) is 33.6 Å². The topological polar surface area (TPSA) is 52.9 Å². The first-order valence-electron chi connectivity index (χ1n) is 6.49. The number of carbonyl (C=O) groups is 1. The summed E-state index contributed by atoms with van der Waals surface area (Å²) >= 11 is 0. The number of unbranched alkanes of at least 4 members (excludes halogenated alkanes) is 1. The number of nitrogens with zero attached hydrogens (tertiary/aromatic N) is 2. The van der Waals surface area contributed by atoms with Gasteiger partial charge in [-0.2, -0.15) is 23.3 Å². The monoisotopic (exact) mass is 278 g/mol. The van der Waals surface area contributed by atoms with E-state index in [4.69, 9.17) is 0 Å². The van der Waals surface area contributed by atoms with E-state index in [0.29, 0.717) is 25.7 Å². The van der Waals surface area contributed by atoms with Crippen molar-refractivity contribution in [3.63, 3.8) is 0 Å². The molecule has 0 aromatic carbocycles. The van der Waals surface area contributed by atoms with Gasteiger partial charge in [0.05, 0.1) is 0 Å². The van der Waals surface area contributed by atoms with Crippen molar-refractivity contribution in [3.05, 3.63) is 0 Å². The van der Waals surface area contributed by atoms with E-state index in [2.05, 4.69) is 5.10 Å². The van der Waals surface area contributed by atoms with Gasteiger partial charge in [0.1, 0.15) is 0 Å². The third-order valence-corrected chi connectivity index (χ3v) is 3.45. The zero-order valence-electron chi connectivity index (χ0n) is 10.7. The second-order valence-corrected chi connectivity index (χ2v) is 5.19. The highest BCUT2D eigenvalue weighted by molar-refractivity contribution is 5.91. The number of hydrogen-bond acceptors (Lipinski definition) is 3. The van der Waals surface area contributed by atoms with E-state index >= 15 is 0 Å². The molecule has 1 saturated carbocycles. The Morgan fingerprint density at radius 3 is 2.63 bits per heavy atom. The first-order chi connectivity index (χ1) is 8.79. The molecule has 19 heavy (non-hydrogen) atoms. The van der Waals surface area contributed by atoms with Crippen LogP contribution in [0.2, 0.25) is 0 Å². The molecule has 7 heteroatoms. The van der Waals surface area contributed by atoms with Gasteiger partial charge in [0, 0.05) is 18.1 Å². The summed E-state index contributed by atoms with van der Waals surface area (Å²) in [6, 6.07) is 0. The maximum absolute atomic E-state index is 13.0. The molecule has 0 aromatic heterocycles. The molecule has 1 amide bonds. The lowest BCUT2D eigenvalue weighted by Crippen LogP contribution is -2.57. The summed E-state index contributed by atoms with van der Waals surface area (Å²) in [5, 5.41) is 13.9. The summed E-state index contributed by atoms with van der Waals surface area (Å²) in [4.78, 5) is 11.8. The van der Waals surface area contributed by atoms with Crippen molar-refractivity contribution in [2.75, 3.05) is 0 Å². The summed E-state index contributed by atoms with van der Waals surface area (Å²) in [5.74, 6) is -1.13. The van der Waals surface area contributed by atoms with E-state index in [1.807, 2.05) is 6.92 Å². The van der Waals surface area contributed by atoms with Crippen LogP contribution in [0.15, 0.2) is 5.10 Å². The minimum absolute atomic E-state index is 0.246. The lowest BCUT2D eigenvalue weighted by Gasteiger charge is -2.32. The second kappa shape index (κ2) is 4.77. The molecule has 1 heterocycles. The number of aliphatic hydroxyl groups is 1. The minimum atomic E-state index is -4.89. The molecule has 1 aliphatic carbocycles. The zero-order valence-corrected chi connectivity index (χ0v) is 10.7. The molecule has 0 bridgehead atoms. The van der Waals surface area contributed by atoms with E-state index in [1.165, 1.54) is 0 Å². The van der Waals surface area contributed by atoms with Gasteiger partial charge in [0.2, 0.25) is 5.91 Å². The van der Waals surface area contributed by atoms with Crippen LogP contribution < -0.4 is 0 Å². The van der Waals surface area contributed by atoms with Crippen LogP contribution in [0.1, 0.15) is 45.4 Å². The number of hydrazone groups is 1. The van der Waals surface area contributed by atoms with E-state index in [-0.39, 0.29) is 10.7 Å². The van der Waals surface area contributed by atoms with Gasteiger partial charge in [-0.1, -0.05) is 13.3 Å².